The molecule has 0 fully saturated rings. The summed E-state index contributed by atoms with van der Waals surface area (Å²) in [6, 6.07) is 6.61. The molecule has 1 heterocycles. The minimum Gasteiger partial charge on any atom is -0.352 e. The van der Waals surface area contributed by atoms with E-state index < -0.39 is 0 Å². The highest BCUT2D eigenvalue weighted by atomic mass is 16.1. The molecule has 116 valence electrons. The third-order valence-electron chi connectivity index (χ3n) is 4.21. The maximum atomic E-state index is 12.2. The second kappa shape index (κ2) is 7.57. The zero-order valence-corrected chi connectivity index (χ0v) is 13.4. The second-order valence-corrected chi connectivity index (χ2v) is 6.09. The highest BCUT2D eigenvalue weighted by Crippen LogP contribution is 2.15. The van der Waals surface area contributed by atoms with Crippen LogP contribution in [0.4, 0.5) is 0 Å². The lowest BCUT2D eigenvalue weighted by atomic mass is 9.98. The molecule has 2 N–H and O–H groups in total. The average Bonchev–Trinajstić information content (AvgIpc) is 2.50. The minimum absolute atomic E-state index is 0.0376. The molecule has 1 amide bonds. The fourth-order valence-electron chi connectivity index (χ4n) is 2.51. The van der Waals surface area contributed by atoms with Crippen molar-refractivity contribution in [2.45, 2.75) is 39.3 Å². The van der Waals surface area contributed by atoms with E-state index in [0.717, 1.165) is 44.6 Å². The minimum atomic E-state index is 0.0376. The van der Waals surface area contributed by atoms with Gasteiger partial charge >= 0.3 is 0 Å². The zero-order chi connectivity index (χ0) is 15.2. The van der Waals surface area contributed by atoms with Gasteiger partial charge in [-0.2, -0.15) is 0 Å². The SMILES string of the molecule is CC(C)N(C)CCCNC(=O)c1ccc2c(c1)CNCC2. The molecule has 4 nitrogen and oxygen atoms in total. The van der Waals surface area contributed by atoms with Crippen molar-refractivity contribution in [3.63, 3.8) is 0 Å². The van der Waals surface area contributed by atoms with Gasteiger partial charge in [-0.3, -0.25) is 4.79 Å². The molecule has 1 aliphatic rings. The molecule has 0 atom stereocenters. The number of rotatable bonds is 6. The molecule has 21 heavy (non-hydrogen) atoms. The number of hydrogen-bond donors (Lipinski definition) is 2. The Morgan fingerprint density at radius 3 is 2.95 bits per heavy atom. The number of carbonyl (C=O) groups excluding carboxylic acids is 1. The van der Waals surface area contributed by atoms with E-state index in [2.05, 4.69) is 42.5 Å². The topological polar surface area (TPSA) is 44.4 Å². The first-order valence-corrected chi connectivity index (χ1v) is 7.89. The molecular weight excluding hydrogens is 262 g/mol. The van der Waals surface area contributed by atoms with E-state index >= 15 is 0 Å². The molecule has 1 aromatic rings. The Hall–Kier alpha value is -1.39. The summed E-state index contributed by atoms with van der Waals surface area (Å²) < 4.78 is 0. The quantitative estimate of drug-likeness (QED) is 0.785. The summed E-state index contributed by atoms with van der Waals surface area (Å²) >= 11 is 0. The standard InChI is InChI=1S/C17H27N3O/c1-13(2)20(3)10-4-8-19-17(21)15-6-5-14-7-9-18-12-16(14)11-15/h5-6,11,13,18H,4,7-10,12H2,1-3H3,(H,19,21). The van der Waals surface area contributed by atoms with Crippen LogP contribution < -0.4 is 10.6 Å². The first-order valence-electron chi connectivity index (χ1n) is 7.89. The van der Waals surface area contributed by atoms with Gasteiger partial charge in [0.15, 0.2) is 0 Å². The van der Waals surface area contributed by atoms with Crippen LogP contribution in [0.5, 0.6) is 0 Å². The van der Waals surface area contributed by atoms with Crippen LogP contribution in [0.15, 0.2) is 18.2 Å². The summed E-state index contributed by atoms with van der Waals surface area (Å²) in [5, 5.41) is 6.36. The van der Waals surface area contributed by atoms with Crippen molar-refractivity contribution in [3.05, 3.63) is 34.9 Å². The molecule has 0 saturated carbocycles. The van der Waals surface area contributed by atoms with Crippen molar-refractivity contribution in [2.75, 3.05) is 26.7 Å². The van der Waals surface area contributed by atoms with Crippen LogP contribution >= 0.6 is 0 Å². The molecule has 1 aliphatic heterocycles. The number of nitrogens with one attached hydrogen (secondary N) is 2. The number of carbonyl (C=O) groups is 1. The van der Waals surface area contributed by atoms with Gasteiger partial charge in [0, 0.05) is 24.7 Å². The van der Waals surface area contributed by atoms with Crippen LogP contribution in [-0.4, -0.2) is 43.5 Å². The van der Waals surface area contributed by atoms with E-state index in [4.69, 9.17) is 0 Å². The van der Waals surface area contributed by atoms with Gasteiger partial charge in [0.1, 0.15) is 0 Å². The third-order valence-corrected chi connectivity index (χ3v) is 4.21. The van der Waals surface area contributed by atoms with Gasteiger partial charge in [0.25, 0.3) is 5.91 Å². The first kappa shape index (κ1) is 16.0. The van der Waals surface area contributed by atoms with Crippen LogP contribution in [-0.2, 0) is 13.0 Å². The first-order chi connectivity index (χ1) is 10.1. The Labute approximate surface area is 127 Å². The molecule has 0 spiro atoms. The Kier molecular flexibility index (Phi) is 5.76. The number of nitrogens with zero attached hydrogens (tertiary/aromatic N) is 1. The molecule has 0 unspecified atom stereocenters. The predicted molar refractivity (Wildman–Crippen MR) is 86.6 cm³/mol. The Balaban J connectivity index is 1.81. The molecule has 2 rings (SSSR count). The summed E-state index contributed by atoms with van der Waals surface area (Å²) in [6.07, 6.45) is 2.03. The molecule has 0 aromatic heterocycles. The Bertz CT molecular complexity index is 485. The van der Waals surface area contributed by atoms with Crippen molar-refractivity contribution in [2.24, 2.45) is 0 Å². The Morgan fingerprint density at radius 2 is 2.19 bits per heavy atom. The van der Waals surface area contributed by atoms with Crippen molar-refractivity contribution in [3.8, 4) is 0 Å². The monoisotopic (exact) mass is 289 g/mol. The van der Waals surface area contributed by atoms with Crippen LogP contribution in [0.1, 0.15) is 41.8 Å². The van der Waals surface area contributed by atoms with Crippen molar-refractivity contribution in [1.29, 1.82) is 0 Å². The summed E-state index contributed by atoms with van der Waals surface area (Å²) in [6.45, 7) is 7.99. The van der Waals surface area contributed by atoms with E-state index in [1.54, 1.807) is 0 Å². The maximum absolute atomic E-state index is 12.2. The van der Waals surface area contributed by atoms with E-state index in [0.29, 0.717) is 6.04 Å². The van der Waals surface area contributed by atoms with Gasteiger partial charge in [0.2, 0.25) is 0 Å². The lowest BCUT2D eigenvalue weighted by Gasteiger charge is -2.21. The maximum Gasteiger partial charge on any atom is 0.251 e. The van der Waals surface area contributed by atoms with Crippen LogP contribution in [0.3, 0.4) is 0 Å². The number of fused-ring (bicyclic) bond motifs is 1. The number of amides is 1. The van der Waals surface area contributed by atoms with Gasteiger partial charge in [0.05, 0.1) is 0 Å². The number of benzene rings is 1. The zero-order valence-electron chi connectivity index (χ0n) is 13.4. The normalized spacial score (nSPS) is 14.3. The number of hydrogen-bond acceptors (Lipinski definition) is 3. The largest absolute Gasteiger partial charge is 0.352 e. The van der Waals surface area contributed by atoms with Gasteiger partial charge < -0.3 is 15.5 Å². The molecular formula is C17H27N3O. The summed E-state index contributed by atoms with van der Waals surface area (Å²) in [7, 11) is 2.11. The van der Waals surface area contributed by atoms with Crippen LogP contribution in [0, 0.1) is 0 Å². The summed E-state index contributed by atoms with van der Waals surface area (Å²) in [4.78, 5) is 14.5. The highest BCUT2D eigenvalue weighted by molar-refractivity contribution is 5.94. The third kappa shape index (κ3) is 4.55. The van der Waals surface area contributed by atoms with Crippen molar-refractivity contribution < 1.29 is 4.79 Å². The smallest absolute Gasteiger partial charge is 0.251 e. The van der Waals surface area contributed by atoms with Gasteiger partial charge in [-0.1, -0.05) is 6.07 Å². The van der Waals surface area contributed by atoms with E-state index in [1.165, 1.54) is 11.1 Å². The molecule has 0 aliphatic carbocycles. The molecule has 0 radical (unpaired) electrons. The van der Waals surface area contributed by atoms with E-state index in [9.17, 15) is 4.79 Å². The predicted octanol–water partition coefficient (Wildman–Crippen LogP) is 1.79. The molecule has 1 aromatic carbocycles. The molecule has 0 saturated heterocycles. The Morgan fingerprint density at radius 1 is 1.38 bits per heavy atom. The summed E-state index contributed by atoms with van der Waals surface area (Å²) in [5.74, 6) is 0.0376. The highest BCUT2D eigenvalue weighted by Gasteiger charge is 2.12. The lowest BCUT2D eigenvalue weighted by Crippen LogP contribution is -2.31. The fourth-order valence-corrected chi connectivity index (χ4v) is 2.51. The van der Waals surface area contributed by atoms with Gasteiger partial charge in [-0.05, 0) is 70.1 Å². The fraction of sp³-hybridized carbons (Fsp3) is 0.588. The van der Waals surface area contributed by atoms with E-state index in [-0.39, 0.29) is 5.91 Å². The van der Waals surface area contributed by atoms with Crippen molar-refractivity contribution in [1.82, 2.24) is 15.5 Å². The van der Waals surface area contributed by atoms with Gasteiger partial charge in [-0.15, -0.1) is 0 Å². The molecule has 4 heteroatoms. The molecule has 0 bridgehead atoms. The van der Waals surface area contributed by atoms with Gasteiger partial charge in [-0.25, -0.2) is 0 Å². The average molecular weight is 289 g/mol. The summed E-state index contributed by atoms with van der Waals surface area (Å²) in [5.41, 5.74) is 3.40. The van der Waals surface area contributed by atoms with Crippen LogP contribution in [0.2, 0.25) is 0 Å². The lowest BCUT2D eigenvalue weighted by molar-refractivity contribution is 0.0951. The van der Waals surface area contributed by atoms with Crippen LogP contribution in [0.25, 0.3) is 0 Å². The van der Waals surface area contributed by atoms with Crippen molar-refractivity contribution >= 4 is 5.91 Å². The van der Waals surface area contributed by atoms with E-state index in [1.807, 2.05) is 12.1 Å². The second-order valence-electron chi connectivity index (χ2n) is 6.09.